The molecule has 2 heterocycles. The quantitative estimate of drug-likeness (QED) is 0.662. The second kappa shape index (κ2) is 8.56. The molecule has 164 valence electrons. The van der Waals surface area contributed by atoms with Gasteiger partial charge >= 0.3 is 6.03 Å². The minimum Gasteiger partial charge on any atom is -0.497 e. The lowest BCUT2D eigenvalue weighted by atomic mass is 9.94. The molecule has 0 aromatic heterocycles. The van der Waals surface area contributed by atoms with Crippen LogP contribution >= 0.6 is 0 Å². The molecule has 2 aromatic rings. The molecule has 0 aliphatic carbocycles. The number of likely N-dealkylation sites (tertiary alicyclic amines) is 1. The SMILES string of the molecule is CCN1CCCC1CNC(=O)C1(O)c2ccccc2NC(=O)N1c1cccc(OC)c1. The summed E-state index contributed by atoms with van der Waals surface area (Å²) in [5, 5.41) is 17.5. The zero-order valence-electron chi connectivity index (χ0n) is 17.8. The smallest absolute Gasteiger partial charge is 0.329 e. The number of urea groups is 1. The van der Waals surface area contributed by atoms with E-state index in [9.17, 15) is 14.7 Å². The molecule has 2 aromatic carbocycles. The van der Waals surface area contributed by atoms with Crippen LogP contribution in [0.25, 0.3) is 0 Å². The molecule has 2 atom stereocenters. The van der Waals surface area contributed by atoms with E-state index in [0.29, 0.717) is 29.2 Å². The standard InChI is InChI=1S/C23H28N4O4/c1-3-26-13-7-9-17(26)15-24-21(28)23(30)19-11-4-5-12-20(19)25-22(29)27(23)16-8-6-10-18(14-16)31-2/h4-6,8,10-12,14,17,30H,3,7,9,13,15H2,1-2H3,(H,24,28)(H,25,29). The highest BCUT2D eigenvalue weighted by Crippen LogP contribution is 2.40. The first-order valence-corrected chi connectivity index (χ1v) is 10.6. The molecule has 0 radical (unpaired) electrons. The number of hydrogen-bond donors (Lipinski definition) is 3. The summed E-state index contributed by atoms with van der Waals surface area (Å²) < 4.78 is 5.27. The van der Waals surface area contributed by atoms with Gasteiger partial charge in [-0.3, -0.25) is 14.6 Å². The first-order chi connectivity index (χ1) is 15.0. The number of rotatable bonds is 6. The Balaban J connectivity index is 1.71. The van der Waals surface area contributed by atoms with Crippen molar-refractivity contribution in [3.8, 4) is 5.75 Å². The Morgan fingerprint density at radius 1 is 1.29 bits per heavy atom. The van der Waals surface area contributed by atoms with E-state index < -0.39 is 17.7 Å². The van der Waals surface area contributed by atoms with Crippen molar-refractivity contribution in [3.63, 3.8) is 0 Å². The number of anilines is 2. The first-order valence-electron chi connectivity index (χ1n) is 10.6. The first kappa shape index (κ1) is 21.1. The van der Waals surface area contributed by atoms with Gasteiger partial charge in [-0.25, -0.2) is 4.79 Å². The molecule has 0 spiro atoms. The number of nitrogens with zero attached hydrogens (tertiary/aromatic N) is 2. The van der Waals surface area contributed by atoms with E-state index in [1.165, 1.54) is 7.11 Å². The molecular formula is C23H28N4O4. The van der Waals surface area contributed by atoms with Gasteiger partial charge in [0, 0.05) is 24.2 Å². The van der Waals surface area contributed by atoms with Crippen LogP contribution < -0.4 is 20.3 Å². The maximum atomic E-state index is 13.5. The Hall–Kier alpha value is -3.10. The van der Waals surface area contributed by atoms with E-state index in [0.717, 1.165) is 30.8 Å². The lowest BCUT2D eigenvalue weighted by molar-refractivity contribution is -0.140. The summed E-state index contributed by atoms with van der Waals surface area (Å²) in [6.07, 6.45) is 2.07. The number of para-hydroxylation sites is 1. The molecule has 8 heteroatoms. The topological polar surface area (TPSA) is 94.1 Å². The fourth-order valence-electron chi connectivity index (χ4n) is 4.49. The zero-order chi connectivity index (χ0) is 22.0. The van der Waals surface area contributed by atoms with Crippen LogP contribution in [0.5, 0.6) is 5.75 Å². The van der Waals surface area contributed by atoms with Crippen LogP contribution in [0.1, 0.15) is 25.3 Å². The van der Waals surface area contributed by atoms with E-state index in [4.69, 9.17) is 4.74 Å². The molecule has 0 saturated carbocycles. The molecule has 8 nitrogen and oxygen atoms in total. The molecule has 4 rings (SSSR count). The Bertz CT molecular complexity index is 982. The van der Waals surface area contributed by atoms with Crippen molar-refractivity contribution >= 4 is 23.3 Å². The number of fused-ring (bicyclic) bond motifs is 1. The molecule has 1 saturated heterocycles. The fourth-order valence-corrected chi connectivity index (χ4v) is 4.49. The van der Waals surface area contributed by atoms with Gasteiger partial charge in [0.1, 0.15) is 5.75 Å². The third-order valence-electron chi connectivity index (χ3n) is 6.10. The summed E-state index contributed by atoms with van der Waals surface area (Å²) in [5.74, 6) is -0.128. The van der Waals surface area contributed by atoms with E-state index in [1.807, 2.05) is 0 Å². The Morgan fingerprint density at radius 2 is 2.10 bits per heavy atom. The summed E-state index contributed by atoms with van der Waals surface area (Å²) in [5.41, 5.74) is -1.14. The maximum absolute atomic E-state index is 13.5. The van der Waals surface area contributed by atoms with E-state index in [-0.39, 0.29) is 6.04 Å². The number of hydrogen-bond acceptors (Lipinski definition) is 5. The predicted octanol–water partition coefficient (Wildman–Crippen LogP) is 2.49. The third kappa shape index (κ3) is 3.73. The number of aliphatic hydroxyl groups is 1. The number of methoxy groups -OCH3 is 1. The van der Waals surface area contributed by atoms with Crippen molar-refractivity contribution in [1.29, 1.82) is 0 Å². The van der Waals surface area contributed by atoms with Gasteiger partial charge in [0.25, 0.3) is 11.6 Å². The van der Waals surface area contributed by atoms with Crippen LogP contribution in [0.4, 0.5) is 16.2 Å². The van der Waals surface area contributed by atoms with Crippen molar-refractivity contribution in [2.24, 2.45) is 0 Å². The molecule has 2 aliphatic heterocycles. The second-order valence-corrected chi connectivity index (χ2v) is 7.82. The van der Waals surface area contributed by atoms with E-state index in [2.05, 4.69) is 22.5 Å². The average Bonchev–Trinajstić information content (AvgIpc) is 3.25. The van der Waals surface area contributed by atoms with Gasteiger partial charge in [0.05, 0.1) is 18.5 Å². The summed E-state index contributed by atoms with van der Waals surface area (Å²) >= 11 is 0. The minimum atomic E-state index is -2.21. The van der Waals surface area contributed by atoms with Gasteiger partial charge in [-0.1, -0.05) is 31.2 Å². The molecule has 0 bridgehead atoms. The van der Waals surface area contributed by atoms with Gasteiger partial charge < -0.3 is 20.5 Å². The summed E-state index contributed by atoms with van der Waals surface area (Å²) in [6.45, 7) is 4.42. The van der Waals surface area contributed by atoms with Crippen LogP contribution in [0.3, 0.4) is 0 Å². The zero-order valence-corrected chi connectivity index (χ0v) is 17.8. The maximum Gasteiger partial charge on any atom is 0.329 e. The van der Waals surface area contributed by atoms with Crippen molar-refractivity contribution in [3.05, 3.63) is 54.1 Å². The average molecular weight is 425 g/mol. The lowest BCUT2D eigenvalue weighted by Crippen LogP contribution is -2.63. The number of carbonyl (C=O) groups excluding carboxylic acids is 2. The van der Waals surface area contributed by atoms with Crippen LogP contribution in [0, 0.1) is 0 Å². The monoisotopic (exact) mass is 424 g/mol. The summed E-state index contributed by atoms with van der Waals surface area (Å²) in [6, 6.07) is 13.1. The fraction of sp³-hybridized carbons (Fsp3) is 0.391. The van der Waals surface area contributed by atoms with E-state index >= 15 is 0 Å². The number of carbonyl (C=O) groups is 2. The third-order valence-corrected chi connectivity index (χ3v) is 6.10. The number of benzene rings is 2. The van der Waals surface area contributed by atoms with Gasteiger partial charge in [0.15, 0.2) is 0 Å². The number of amides is 3. The molecule has 2 aliphatic rings. The Labute approximate surface area is 181 Å². The number of likely N-dealkylation sites (N-methyl/N-ethyl adjacent to an activating group) is 1. The molecular weight excluding hydrogens is 396 g/mol. The molecule has 2 unspecified atom stereocenters. The predicted molar refractivity (Wildman–Crippen MR) is 118 cm³/mol. The van der Waals surface area contributed by atoms with Crippen molar-refractivity contribution in [2.45, 2.75) is 31.5 Å². The number of ether oxygens (including phenoxy) is 1. The van der Waals surface area contributed by atoms with Crippen LogP contribution in [-0.2, 0) is 10.5 Å². The second-order valence-electron chi connectivity index (χ2n) is 7.82. The molecule has 31 heavy (non-hydrogen) atoms. The van der Waals surface area contributed by atoms with Crippen LogP contribution in [0.15, 0.2) is 48.5 Å². The molecule has 1 fully saturated rings. The van der Waals surface area contributed by atoms with Crippen molar-refractivity contribution < 1.29 is 19.4 Å². The normalized spacial score (nSPS) is 23.3. The summed E-state index contributed by atoms with van der Waals surface area (Å²) in [4.78, 5) is 29.9. The van der Waals surface area contributed by atoms with Crippen LogP contribution in [-0.4, -0.2) is 54.7 Å². The molecule has 3 amide bonds. The largest absolute Gasteiger partial charge is 0.497 e. The Morgan fingerprint density at radius 3 is 2.87 bits per heavy atom. The lowest BCUT2D eigenvalue weighted by Gasteiger charge is -2.43. The minimum absolute atomic E-state index is 0.218. The Kier molecular flexibility index (Phi) is 5.84. The summed E-state index contributed by atoms with van der Waals surface area (Å²) in [7, 11) is 1.52. The highest BCUT2D eigenvalue weighted by molar-refractivity contribution is 6.11. The number of nitrogens with one attached hydrogen (secondary N) is 2. The van der Waals surface area contributed by atoms with Gasteiger partial charge in [0.2, 0.25) is 0 Å². The van der Waals surface area contributed by atoms with Gasteiger partial charge in [-0.15, -0.1) is 0 Å². The highest BCUT2D eigenvalue weighted by Gasteiger charge is 2.52. The van der Waals surface area contributed by atoms with E-state index in [1.54, 1.807) is 48.5 Å². The van der Waals surface area contributed by atoms with Crippen molar-refractivity contribution in [1.82, 2.24) is 10.2 Å². The van der Waals surface area contributed by atoms with Crippen LogP contribution in [0.2, 0.25) is 0 Å². The molecule has 3 N–H and O–H groups in total. The van der Waals surface area contributed by atoms with Gasteiger partial charge in [-0.2, -0.15) is 0 Å². The van der Waals surface area contributed by atoms with Crippen molar-refractivity contribution in [2.75, 3.05) is 37.0 Å². The van der Waals surface area contributed by atoms with Gasteiger partial charge in [-0.05, 0) is 44.1 Å². The highest BCUT2D eigenvalue weighted by atomic mass is 16.5.